The molecule has 2 aliphatic rings. The van der Waals surface area contributed by atoms with Gasteiger partial charge in [0.25, 0.3) is 0 Å². The fourth-order valence-corrected chi connectivity index (χ4v) is 4.97. The van der Waals surface area contributed by atoms with Crippen molar-refractivity contribution in [2.75, 3.05) is 20.3 Å². The third kappa shape index (κ3) is 6.04. The Bertz CT molecular complexity index is 1530. The molecule has 2 fully saturated rings. The molecular weight excluding hydrogens is 592 g/mol. The molecule has 44 heavy (non-hydrogen) atoms. The molecule has 0 radical (unpaired) electrons. The molecule has 10 unspecified atom stereocenters. The van der Waals surface area contributed by atoms with Crippen LogP contribution in [-0.2, 0) is 14.2 Å². The van der Waals surface area contributed by atoms with E-state index in [4.69, 9.17) is 33.2 Å². The summed E-state index contributed by atoms with van der Waals surface area (Å²) in [4.78, 5) is 12.7. The third-order valence-corrected chi connectivity index (χ3v) is 7.42. The smallest absolute Gasteiger partial charge is 0.229 e. The Hall–Kier alpha value is -3.55. The van der Waals surface area contributed by atoms with Gasteiger partial charge in [0.1, 0.15) is 77.1 Å². The van der Waals surface area contributed by atoms with Crippen LogP contribution in [0.3, 0.4) is 0 Å². The molecule has 0 spiro atoms. The van der Waals surface area contributed by atoms with Crippen molar-refractivity contribution in [3.8, 4) is 34.3 Å². The number of phenols is 2. The quantitative estimate of drug-likeness (QED) is 0.123. The minimum absolute atomic E-state index is 0.0360. The molecule has 0 bridgehead atoms. The number of phenolic OH excluding ortho intramolecular Hbond substituents is 2. The van der Waals surface area contributed by atoms with Crippen LogP contribution in [0.4, 0.5) is 0 Å². The molecule has 5 rings (SSSR count). The summed E-state index contributed by atoms with van der Waals surface area (Å²) in [5, 5.41) is 91.1. The van der Waals surface area contributed by atoms with Crippen molar-refractivity contribution in [3.05, 3.63) is 46.6 Å². The second-order valence-corrected chi connectivity index (χ2v) is 10.3. The van der Waals surface area contributed by atoms with Gasteiger partial charge in [-0.25, -0.2) is 0 Å². The number of methoxy groups -OCH3 is 1. The SMILES string of the molecule is COc1cc(O)c2c(=O)cc(-c3ccc(OC4OC(COC5OC(C(O)CO)C(O)C5O)C(O)C(O)C4O)c(O)c3)oc2c1. The molecule has 3 aromatic rings. The summed E-state index contributed by atoms with van der Waals surface area (Å²) in [6.07, 6.45) is -15.9. The molecule has 2 aliphatic heterocycles. The van der Waals surface area contributed by atoms with Gasteiger partial charge < -0.3 is 74.1 Å². The number of aromatic hydroxyl groups is 2. The van der Waals surface area contributed by atoms with E-state index in [1.54, 1.807) is 0 Å². The fourth-order valence-electron chi connectivity index (χ4n) is 4.97. The molecule has 0 saturated carbocycles. The molecule has 2 aromatic carbocycles. The van der Waals surface area contributed by atoms with Crippen LogP contribution in [0.2, 0.25) is 0 Å². The van der Waals surface area contributed by atoms with Gasteiger partial charge in [0.2, 0.25) is 6.29 Å². The summed E-state index contributed by atoms with van der Waals surface area (Å²) in [6, 6.07) is 7.69. The Morgan fingerprint density at radius 1 is 0.864 bits per heavy atom. The van der Waals surface area contributed by atoms with Crippen molar-refractivity contribution in [2.45, 2.75) is 61.4 Å². The second-order valence-electron chi connectivity index (χ2n) is 10.3. The first kappa shape index (κ1) is 31.9. The van der Waals surface area contributed by atoms with Crippen LogP contribution < -0.4 is 14.9 Å². The number of benzene rings is 2. The van der Waals surface area contributed by atoms with Gasteiger partial charge in [-0.1, -0.05) is 0 Å². The molecule has 0 aliphatic carbocycles. The Morgan fingerprint density at radius 2 is 1.59 bits per heavy atom. The maximum absolute atomic E-state index is 12.7. The van der Waals surface area contributed by atoms with Crippen molar-refractivity contribution in [3.63, 3.8) is 0 Å². The maximum atomic E-state index is 12.7. The minimum Gasteiger partial charge on any atom is -0.507 e. The zero-order valence-corrected chi connectivity index (χ0v) is 23.0. The van der Waals surface area contributed by atoms with E-state index in [2.05, 4.69) is 0 Å². The average Bonchev–Trinajstić information content (AvgIpc) is 3.29. The average molecular weight is 625 g/mol. The highest BCUT2D eigenvalue weighted by atomic mass is 16.7. The van der Waals surface area contributed by atoms with Gasteiger partial charge in [-0.15, -0.1) is 0 Å². The Balaban J connectivity index is 1.30. The molecule has 2 saturated heterocycles. The topological polar surface area (TPSA) is 258 Å². The molecule has 16 nitrogen and oxygen atoms in total. The van der Waals surface area contributed by atoms with Gasteiger partial charge in [-0.3, -0.25) is 4.79 Å². The summed E-state index contributed by atoms with van der Waals surface area (Å²) in [5.41, 5.74) is -0.273. The van der Waals surface area contributed by atoms with E-state index in [0.717, 1.165) is 6.07 Å². The summed E-state index contributed by atoms with van der Waals surface area (Å²) in [5.74, 6) is -0.743. The Morgan fingerprint density at radius 3 is 2.27 bits per heavy atom. The first-order valence-electron chi connectivity index (χ1n) is 13.4. The first-order valence-corrected chi connectivity index (χ1v) is 13.4. The van der Waals surface area contributed by atoms with Crippen molar-refractivity contribution in [1.82, 2.24) is 0 Å². The van der Waals surface area contributed by atoms with E-state index < -0.39 is 85.8 Å². The number of hydrogen-bond donors (Lipinski definition) is 9. The number of rotatable bonds is 9. The molecule has 3 heterocycles. The summed E-state index contributed by atoms with van der Waals surface area (Å²) in [7, 11) is 1.38. The Kier molecular flexibility index (Phi) is 9.28. The van der Waals surface area contributed by atoms with E-state index in [1.807, 2.05) is 0 Å². The summed E-state index contributed by atoms with van der Waals surface area (Å²) in [6.45, 7) is -1.30. The summed E-state index contributed by atoms with van der Waals surface area (Å²) < 4.78 is 32.6. The Labute approximate surface area is 248 Å². The predicted molar refractivity (Wildman–Crippen MR) is 145 cm³/mol. The van der Waals surface area contributed by atoms with E-state index >= 15 is 0 Å². The van der Waals surface area contributed by atoms with Crippen LogP contribution in [0.1, 0.15) is 0 Å². The summed E-state index contributed by atoms with van der Waals surface area (Å²) >= 11 is 0. The van der Waals surface area contributed by atoms with Crippen molar-refractivity contribution in [1.29, 1.82) is 0 Å². The molecule has 10 atom stereocenters. The van der Waals surface area contributed by atoms with Gasteiger partial charge in [-0.2, -0.15) is 0 Å². The molecule has 0 amide bonds. The van der Waals surface area contributed by atoms with Crippen LogP contribution in [-0.4, -0.2) is 128 Å². The third-order valence-electron chi connectivity index (χ3n) is 7.42. The van der Waals surface area contributed by atoms with Crippen LogP contribution in [0, 0.1) is 0 Å². The van der Waals surface area contributed by atoms with Gasteiger partial charge in [0.15, 0.2) is 23.2 Å². The zero-order chi connectivity index (χ0) is 31.9. The molecule has 9 N–H and O–H groups in total. The largest absolute Gasteiger partial charge is 0.507 e. The van der Waals surface area contributed by atoms with Gasteiger partial charge >= 0.3 is 0 Å². The highest BCUT2D eigenvalue weighted by Gasteiger charge is 2.49. The normalized spacial score (nSPS) is 31.2. The molecular formula is C28H32O16. The zero-order valence-electron chi connectivity index (χ0n) is 23.0. The van der Waals surface area contributed by atoms with Gasteiger partial charge in [0.05, 0.1) is 20.3 Å². The molecule has 240 valence electrons. The van der Waals surface area contributed by atoms with Crippen LogP contribution >= 0.6 is 0 Å². The number of fused-ring (bicyclic) bond motifs is 1. The lowest BCUT2D eigenvalue weighted by atomic mass is 9.99. The lowest BCUT2D eigenvalue weighted by Gasteiger charge is -2.40. The number of aliphatic hydroxyl groups excluding tert-OH is 7. The minimum atomic E-state index is -1.80. The number of ether oxygens (including phenoxy) is 5. The lowest BCUT2D eigenvalue weighted by molar-refractivity contribution is -0.290. The second kappa shape index (κ2) is 12.8. The van der Waals surface area contributed by atoms with E-state index in [0.29, 0.717) is 0 Å². The highest BCUT2D eigenvalue weighted by molar-refractivity contribution is 5.86. The lowest BCUT2D eigenvalue weighted by Crippen LogP contribution is -2.60. The van der Waals surface area contributed by atoms with E-state index in [9.17, 15) is 45.6 Å². The molecule has 1 aromatic heterocycles. The monoisotopic (exact) mass is 624 g/mol. The van der Waals surface area contributed by atoms with Gasteiger partial charge in [0, 0.05) is 23.8 Å². The first-order chi connectivity index (χ1) is 20.9. The van der Waals surface area contributed by atoms with Crippen LogP contribution in [0.25, 0.3) is 22.3 Å². The predicted octanol–water partition coefficient (Wildman–Crippen LogP) is -2.12. The maximum Gasteiger partial charge on any atom is 0.229 e. The number of aliphatic hydroxyl groups is 7. The van der Waals surface area contributed by atoms with E-state index in [1.165, 1.54) is 37.4 Å². The van der Waals surface area contributed by atoms with Crippen molar-refractivity contribution >= 4 is 11.0 Å². The molecule has 16 heteroatoms. The van der Waals surface area contributed by atoms with Crippen LogP contribution in [0.15, 0.2) is 45.6 Å². The van der Waals surface area contributed by atoms with Crippen molar-refractivity contribution < 1.29 is 74.1 Å². The van der Waals surface area contributed by atoms with E-state index in [-0.39, 0.29) is 39.5 Å². The van der Waals surface area contributed by atoms with Gasteiger partial charge in [-0.05, 0) is 18.2 Å². The fraction of sp³-hybridized carbons (Fsp3) is 0.464. The number of hydrogen-bond acceptors (Lipinski definition) is 16. The van der Waals surface area contributed by atoms with Crippen LogP contribution in [0.5, 0.6) is 23.0 Å². The highest BCUT2D eigenvalue weighted by Crippen LogP contribution is 2.36. The standard InChI is InChI=1S/C28H32O16/c1-39-11-5-13(31)20-14(32)7-17(41-18(20)6-11)10-2-3-16(12(30)4-10)42-28-24(37)22(35)21(34)19(43-28)9-40-27-25(38)23(36)26(44-27)15(33)8-29/h2-7,15,19,21-31,33-38H,8-9H2,1H3. The van der Waals surface area contributed by atoms with Crippen molar-refractivity contribution in [2.24, 2.45) is 0 Å².